The Labute approximate surface area is 152 Å². The largest absolute Gasteiger partial charge is 0.369 e. The second-order valence-electron chi connectivity index (χ2n) is 7.04. The summed E-state index contributed by atoms with van der Waals surface area (Å²) in [5.74, 6) is 0.596. The van der Waals surface area contributed by atoms with Gasteiger partial charge in [0, 0.05) is 24.7 Å². The molecular weight excluding hydrogens is 336 g/mol. The van der Waals surface area contributed by atoms with Gasteiger partial charge in [0.1, 0.15) is 12.0 Å². The van der Waals surface area contributed by atoms with Gasteiger partial charge in [0.2, 0.25) is 0 Å². The second-order valence-corrected chi connectivity index (χ2v) is 7.48. The smallest absolute Gasteiger partial charge is 0.168 e. The molecule has 0 spiro atoms. The number of aromatic nitrogens is 4. The molecule has 6 nitrogen and oxygen atoms in total. The predicted octanol–water partition coefficient (Wildman–Crippen LogP) is 4.12. The normalized spacial score (nSPS) is 12.2. The molecule has 0 saturated heterocycles. The molecule has 0 bridgehead atoms. The van der Waals surface area contributed by atoms with E-state index in [4.69, 9.17) is 16.7 Å². The lowest BCUT2D eigenvalue weighted by molar-refractivity contribution is 0.367. The molecule has 130 valence electrons. The third kappa shape index (κ3) is 3.49. The molecule has 0 amide bonds. The van der Waals surface area contributed by atoms with Crippen LogP contribution in [0, 0.1) is 0 Å². The molecule has 0 N–H and O–H groups in total. The average Bonchev–Trinajstić information content (AvgIpc) is 2.94. The highest BCUT2D eigenvalue weighted by molar-refractivity contribution is 6.30. The monoisotopic (exact) mass is 356 g/mol. The molecule has 0 fully saturated rings. The summed E-state index contributed by atoms with van der Waals surface area (Å²) in [6.45, 7) is 6.28. The summed E-state index contributed by atoms with van der Waals surface area (Å²) in [6, 6.07) is 7.60. The van der Waals surface area contributed by atoms with Crippen LogP contribution >= 0.6 is 11.6 Å². The first-order chi connectivity index (χ1) is 11.8. The summed E-state index contributed by atoms with van der Waals surface area (Å²) < 4.78 is 1.92. The van der Waals surface area contributed by atoms with Crippen molar-refractivity contribution < 1.29 is 0 Å². The first kappa shape index (κ1) is 17.4. The average molecular weight is 357 g/mol. The van der Waals surface area contributed by atoms with Crippen LogP contribution in [0.15, 0.2) is 35.6 Å². The Morgan fingerprint density at radius 2 is 1.80 bits per heavy atom. The molecule has 3 aromatic rings. The maximum atomic E-state index is 6.03. The SMILES string of the molecule is CN(C)C=Nc1ncnc2c1c(-c1ccc(Cl)cc1)nn2C(C)(C)C. The zero-order valence-electron chi connectivity index (χ0n) is 15.0. The topological polar surface area (TPSA) is 59.2 Å². The highest BCUT2D eigenvalue weighted by atomic mass is 35.5. The van der Waals surface area contributed by atoms with Gasteiger partial charge in [-0.3, -0.25) is 0 Å². The van der Waals surface area contributed by atoms with Gasteiger partial charge in [-0.1, -0.05) is 23.7 Å². The Morgan fingerprint density at radius 3 is 2.40 bits per heavy atom. The Bertz CT molecular complexity index is 919. The Morgan fingerprint density at radius 1 is 1.12 bits per heavy atom. The van der Waals surface area contributed by atoms with Gasteiger partial charge in [0.25, 0.3) is 0 Å². The van der Waals surface area contributed by atoms with Crippen molar-refractivity contribution in [3.63, 3.8) is 0 Å². The zero-order valence-corrected chi connectivity index (χ0v) is 15.8. The van der Waals surface area contributed by atoms with Crippen molar-refractivity contribution in [1.82, 2.24) is 24.6 Å². The minimum absolute atomic E-state index is 0.222. The van der Waals surface area contributed by atoms with Crippen molar-refractivity contribution >= 4 is 34.8 Å². The van der Waals surface area contributed by atoms with E-state index < -0.39 is 0 Å². The van der Waals surface area contributed by atoms with E-state index in [1.807, 2.05) is 47.9 Å². The van der Waals surface area contributed by atoms with E-state index in [0.29, 0.717) is 10.8 Å². The molecule has 0 atom stereocenters. The van der Waals surface area contributed by atoms with Crippen molar-refractivity contribution in [3.05, 3.63) is 35.6 Å². The van der Waals surface area contributed by atoms with Crippen LogP contribution in [0.3, 0.4) is 0 Å². The summed E-state index contributed by atoms with van der Waals surface area (Å²) in [6.07, 6.45) is 3.25. The molecule has 2 heterocycles. The van der Waals surface area contributed by atoms with Crippen molar-refractivity contribution in [2.45, 2.75) is 26.3 Å². The van der Waals surface area contributed by atoms with Crippen LogP contribution in [0.5, 0.6) is 0 Å². The van der Waals surface area contributed by atoms with Gasteiger partial charge in [0.05, 0.1) is 17.3 Å². The predicted molar refractivity (Wildman–Crippen MR) is 103 cm³/mol. The highest BCUT2D eigenvalue weighted by Crippen LogP contribution is 2.35. The van der Waals surface area contributed by atoms with Gasteiger partial charge in [-0.25, -0.2) is 19.6 Å². The van der Waals surface area contributed by atoms with Crippen molar-refractivity contribution in [2.24, 2.45) is 4.99 Å². The van der Waals surface area contributed by atoms with Crippen LogP contribution < -0.4 is 0 Å². The van der Waals surface area contributed by atoms with E-state index in [1.165, 1.54) is 6.33 Å². The number of benzene rings is 1. The maximum Gasteiger partial charge on any atom is 0.168 e. The number of hydrogen-bond acceptors (Lipinski definition) is 4. The molecule has 0 aliphatic carbocycles. The molecule has 3 rings (SSSR count). The van der Waals surface area contributed by atoms with Crippen LogP contribution in [-0.2, 0) is 5.54 Å². The molecule has 0 saturated carbocycles. The molecule has 0 aliphatic heterocycles. The van der Waals surface area contributed by atoms with Gasteiger partial charge in [0.15, 0.2) is 11.5 Å². The molecule has 0 unspecified atom stereocenters. The van der Waals surface area contributed by atoms with E-state index in [-0.39, 0.29) is 5.54 Å². The summed E-state index contributed by atoms with van der Waals surface area (Å²) in [7, 11) is 3.83. The first-order valence-corrected chi connectivity index (χ1v) is 8.36. The van der Waals surface area contributed by atoms with E-state index in [9.17, 15) is 0 Å². The van der Waals surface area contributed by atoms with Gasteiger partial charge < -0.3 is 4.90 Å². The summed E-state index contributed by atoms with van der Waals surface area (Å²) >= 11 is 6.03. The quantitative estimate of drug-likeness (QED) is 0.523. The minimum Gasteiger partial charge on any atom is -0.369 e. The van der Waals surface area contributed by atoms with E-state index >= 15 is 0 Å². The first-order valence-electron chi connectivity index (χ1n) is 7.98. The van der Waals surface area contributed by atoms with Crippen molar-refractivity contribution in [1.29, 1.82) is 0 Å². The fourth-order valence-corrected chi connectivity index (χ4v) is 2.61. The van der Waals surface area contributed by atoms with Crippen LogP contribution in [0.4, 0.5) is 5.82 Å². The minimum atomic E-state index is -0.222. The number of hydrogen-bond donors (Lipinski definition) is 0. The fourth-order valence-electron chi connectivity index (χ4n) is 2.48. The lowest BCUT2D eigenvalue weighted by atomic mass is 10.1. The molecule has 1 aromatic carbocycles. The van der Waals surface area contributed by atoms with Gasteiger partial charge in [-0.2, -0.15) is 5.10 Å². The third-order valence-corrected chi connectivity index (χ3v) is 3.86. The Hall–Kier alpha value is -2.47. The molecule has 0 aliphatic rings. The Balaban J connectivity index is 2.32. The summed E-state index contributed by atoms with van der Waals surface area (Å²) in [4.78, 5) is 15.2. The van der Waals surface area contributed by atoms with Crippen LogP contribution in [0.25, 0.3) is 22.3 Å². The van der Waals surface area contributed by atoms with Crippen molar-refractivity contribution in [2.75, 3.05) is 14.1 Å². The van der Waals surface area contributed by atoms with E-state index in [1.54, 1.807) is 6.34 Å². The fraction of sp³-hybridized carbons (Fsp3) is 0.333. The number of nitrogens with zero attached hydrogens (tertiary/aromatic N) is 6. The zero-order chi connectivity index (χ0) is 18.2. The standard InChI is InChI=1S/C18H21ClN6/c1-18(2,3)25-17-14(16(20-10-21-17)22-11-24(4)5)15(23-25)12-6-8-13(19)9-7-12/h6-11H,1-5H3. The number of halogens is 1. The highest BCUT2D eigenvalue weighted by Gasteiger charge is 2.24. The number of fused-ring (bicyclic) bond motifs is 1. The number of aliphatic imine (C=N–C) groups is 1. The van der Waals surface area contributed by atoms with Crippen LogP contribution in [0.1, 0.15) is 20.8 Å². The second kappa shape index (κ2) is 6.44. The van der Waals surface area contributed by atoms with E-state index in [0.717, 1.165) is 22.3 Å². The summed E-state index contributed by atoms with van der Waals surface area (Å²) in [5.41, 5.74) is 2.29. The molecule has 0 radical (unpaired) electrons. The Kier molecular flexibility index (Phi) is 4.47. The summed E-state index contributed by atoms with van der Waals surface area (Å²) in [5, 5.41) is 6.35. The molecule has 2 aromatic heterocycles. The van der Waals surface area contributed by atoms with Crippen LogP contribution in [-0.4, -0.2) is 45.1 Å². The molecule has 7 heteroatoms. The lowest BCUT2D eigenvalue weighted by Gasteiger charge is -2.19. The van der Waals surface area contributed by atoms with Gasteiger partial charge in [-0.05, 0) is 32.9 Å². The molecule has 25 heavy (non-hydrogen) atoms. The van der Waals surface area contributed by atoms with Crippen LogP contribution in [0.2, 0.25) is 5.02 Å². The third-order valence-electron chi connectivity index (χ3n) is 3.61. The lowest BCUT2D eigenvalue weighted by Crippen LogP contribution is -2.23. The molecular formula is C18H21ClN6. The van der Waals surface area contributed by atoms with Gasteiger partial charge in [-0.15, -0.1) is 0 Å². The maximum absolute atomic E-state index is 6.03. The van der Waals surface area contributed by atoms with E-state index in [2.05, 4.69) is 35.7 Å². The van der Waals surface area contributed by atoms with Gasteiger partial charge >= 0.3 is 0 Å². The number of rotatable bonds is 3. The van der Waals surface area contributed by atoms with Crippen molar-refractivity contribution in [3.8, 4) is 11.3 Å².